The molecule has 0 amide bonds. The Bertz CT molecular complexity index is 1890. The van der Waals surface area contributed by atoms with Crippen LogP contribution in [0.1, 0.15) is 110 Å². The minimum Gasteiger partial charge on any atom is -0.452 e. The summed E-state index contributed by atoms with van der Waals surface area (Å²) in [5.74, 6) is -0.906. The van der Waals surface area contributed by atoms with E-state index in [2.05, 4.69) is 13.8 Å². The van der Waals surface area contributed by atoms with Crippen LogP contribution in [0.5, 0.6) is 0 Å². The van der Waals surface area contributed by atoms with Crippen molar-refractivity contribution in [3.05, 3.63) is 108 Å². The van der Waals surface area contributed by atoms with Crippen LogP contribution in [0.25, 0.3) is 0 Å². The van der Waals surface area contributed by atoms with Gasteiger partial charge in [-0.25, -0.2) is 14.4 Å². The number of aliphatic hydroxyl groups excluding tert-OH is 1. The van der Waals surface area contributed by atoms with Crippen molar-refractivity contribution in [1.29, 1.82) is 0 Å². The fourth-order valence-corrected chi connectivity index (χ4v) is 11.7. The number of fused-ring (bicyclic) bond motifs is 5. The quantitative estimate of drug-likeness (QED) is 0.127. The first-order valence-electron chi connectivity index (χ1n) is 20.9. The van der Waals surface area contributed by atoms with Crippen molar-refractivity contribution >= 4 is 17.9 Å². The van der Waals surface area contributed by atoms with Gasteiger partial charge in [-0.1, -0.05) is 68.4 Å². The first kappa shape index (κ1) is 39.7. The van der Waals surface area contributed by atoms with E-state index in [1.165, 1.54) is 0 Å². The van der Waals surface area contributed by atoms with Crippen molar-refractivity contribution in [3.8, 4) is 0 Å². The van der Waals surface area contributed by atoms with E-state index in [0.717, 1.165) is 57.8 Å². The van der Waals surface area contributed by atoms with Crippen LogP contribution in [0.15, 0.2) is 91.0 Å². The zero-order valence-electron chi connectivity index (χ0n) is 33.2. The SMILES string of the molecule is C[C@@H]1O[C@H](O[C@H]2CC[C@@]3(C)[C@H](CC[C@@H]4[C@@H]3CC[C@]3(C)[C@@H](CO)CC[C@]43O)C2)[C@H](OC(=O)c2ccccc2)[C@H](OC(=O)c2ccccc2)[C@H]1OC(=O)c1ccccc1. The summed E-state index contributed by atoms with van der Waals surface area (Å²) in [7, 11) is 0. The maximum absolute atomic E-state index is 13.8. The van der Waals surface area contributed by atoms with Crippen LogP contribution in [-0.2, 0) is 23.7 Å². The number of carbonyl (C=O) groups excluding carboxylic acids is 3. The maximum atomic E-state index is 13.8. The third-order valence-electron chi connectivity index (χ3n) is 15.0. The third-order valence-corrected chi connectivity index (χ3v) is 15.0. The molecule has 5 aliphatic rings. The van der Waals surface area contributed by atoms with Crippen LogP contribution in [0.3, 0.4) is 0 Å². The van der Waals surface area contributed by atoms with Gasteiger partial charge in [0.05, 0.1) is 34.5 Å². The molecule has 4 saturated carbocycles. The molecule has 1 aliphatic heterocycles. The number of aliphatic hydroxyl groups is 2. The summed E-state index contributed by atoms with van der Waals surface area (Å²) in [5.41, 5.74) is -0.120. The smallest absolute Gasteiger partial charge is 0.338 e. The molecule has 57 heavy (non-hydrogen) atoms. The topological polar surface area (TPSA) is 138 Å². The minimum absolute atomic E-state index is 0.0154. The van der Waals surface area contributed by atoms with Crippen LogP contribution in [0.2, 0.25) is 0 Å². The largest absolute Gasteiger partial charge is 0.452 e. The number of esters is 3. The Morgan fingerprint density at radius 2 is 1.21 bits per heavy atom. The molecule has 0 spiro atoms. The summed E-state index contributed by atoms with van der Waals surface area (Å²) in [5, 5.41) is 22.6. The van der Waals surface area contributed by atoms with Gasteiger partial charge >= 0.3 is 17.9 Å². The first-order chi connectivity index (χ1) is 27.4. The molecule has 3 aromatic carbocycles. The molecule has 0 bridgehead atoms. The molecule has 1 saturated heterocycles. The zero-order chi connectivity index (χ0) is 40.0. The van der Waals surface area contributed by atoms with Gasteiger partial charge in [0.15, 0.2) is 24.6 Å². The second kappa shape index (κ2) is 15.9. The highest BCUT2D eigenvalue weighted by atomic mass is 16.7. The fourth-order valence-electron chi connectivity index (χ4n) is 11.7. The van der Waals surface area contributed by atoms with E-state index in [0.29, 0.717) is 23.0 Å². The van der Waals surface area contributed by atoms with Crippen LogP contribution >= 0.6 is 0 Å². The Morgan fingerprint density at radius 3 is 1.77 bits per heavy atom. The summed E-state index contributed by atoms with van der Waals surface area (Å²) >= 11 is 0. The van der Waals surface area contributed by atoms with E-state index in [-0.39, 0.29) is 40.9 Å². The Balaban J connectivity index is 1.06. The van der Waals surface area contributed by atoms with E-state index in [4.69, 9.17) is 23.7 Å². The van der Waals surface area contributed by atoms with E-state index in [1.807, 2.05) is 0 Å². The Labute approximate surface area is 335 Å². The molecule has 10 heteroatoms. The second-order valence-electron chi connectivity index (χ2n) is 17.7. The molecule has 304 valence electrons. The summed E-state index contributed by atoms with van der Waals surface area (Å²) in [4.78, 5) is 41.1. The van der Waals surface area contributed by atoms with Crippen LogP contribution in [-0.4, -0.2) is 77.1 Å². The number of carbonyl (C=O) groups is 3. The van der Waals surface area contributed by atoms with E-state index >= 15 is 0 Å². The molecule has 10 nitrogen and oxygen atoms in total. The number of ether oxygens (including phenoxy) is 5. The second-order valence-corrected chi connectivity index (χ2v) is 17.7. The Hall–Kier alpha value is -4.09. The summed E-state index contributed by atoms with van der Waals surface area (Å²) < 4.78 is 31.9. The minimum atomic E-state index is -1.29. The fraction of sp³-hybridized carbons (Fsp3) is 0.553. The highest BCUT2D eigenvalue weighted by molar-refractivity contribution is 5.91. The van der Waals surface area contributed by atoms with E-state index < -0.39 is 54.2 Å². The highest BCUT2D eigenvalue weighted by Crippen LogP contribution is 2.69. The molecule has 13 atom stereocenters. The van der Waals surface area contributed by atoms with Gasteiger partial charge in [-0.2, -0.15) is 0 Å². The third kappa shape index (κ3) is 7.21. The number of benzene rings is 3. The lowest BCUT2D eigenvalue weighted by atomic mass is 9.43. The predicted molar refractivity (Wildman–Crippen MR) is 210 cm³/mol. The van der Waals surface area contributed by atoms with Crippen molar-refractivity contribution in [3.63, 3.8) is 0 Å². The number of hydrogen-bond acceptors (Lipinski definition) is 10. The normalized spacial score (nSPS) is 38.5. The standard InChI is InChI=1S/C47H56O10/c1-29-38(55-41(49)30-13-7-4-8-14-30)39(56-42(50)31-15-9-5-10-16-31)40(57-43(51)32-17-11-6-12-18-32)44(53-29)54-35-22-24-45(2)33(27-35)19-20-37-36(45)23-25-46(3)34(28-48)21-26-47(37,46)52/h4-18,29,33-40,44,48,52H,19-28H2,1-3H3/t29-,33+,34+,35-,36-,37+,38-,39+,40+,44+,45-,46+,47-/m0/s1. The van der Waals surface area contributed by atoms with Crippen LogP contribution < -0.4 is 0 Å². The predicted octanol–water partition coefficient (Wildman–Crippen LogP) is 7.56. The van der Waals surface area contributed by atoms with Crippen molar-refractivity contribution in [2.24, 2.45) is 34.5 Å². The molecule has 0 aromatic heterocycles. The maximum Gasteiger partial charge on any atom is 0.338 e. The Morgan fingerprint density at radius 1 is 0.667 bits per heavy atom. The average Bonchev–Trinajstić information content (AvgIpc) is 3.51. The van der Waals surface area contributed by atoms with Gasteiger partial charge in [0.2, 0.25) is 0 Å². The molecule has 4 aliphatic carbocycles. The van der Waals surface area contributed by atoms with Gasteiger partial charge in [0, 0.05) is 12.0 Å². The molecule has 1 heterocycles. The van der Waals surface area contributed by atoms with E-state index in [1.54, 1.807) is 97.9 Å². The number of rotatable bonds is 9. The van der Waals surface area contributed by atoms with Gasteiger partial charge < -0.3 is 33.9 Å². The first-order valence-corrected chi connectivity index (χ1v) is 20.9. The van der Waals surface area contributed by atoms with Gasteiger partial charge in [0.1, 0.15) is 0 Å². The van der Waals surface area contributed by atoms with Crippen molar-refractivity contribution in [2.45, 2.75) is 121 Å². The van der Waals surface area contributed by atoms with Crippen LogP contribution in [0.4, 0.5) is 0 Å². The lowest BCUT2D eigenvalue weighted by Crippen LogP contribution is -2.63. The molecular formula is C47H56O10. The average molecular weight is 781 g/mol. The molecule has 5 fully saturated rings. The summed E-state index contributed by atoms with van der Waals surface area (Å²) in [6, 6.07) is 25.6. The number of hydrogen-bond donors (Lipinski definition) is 2. The molecule has 8 rings (SSSR count). The van der Waals surface area contributed by atoms with E-state index in [9.17, 15) is 24.6 Å². The van der Waals surface area contributed by atoms with Crippen LogP contribution in [0, 0.1) is 34.5 Å². The van der Waals surface area contributed by atoms with Crippen molar-refractivity contribution in [2.75, 3.05) is 6.61 Å². The van der Waals surface area contributed by atoms with Gasteiger partial charge in [0.25, 0.3) is 0 Å². The van der Waals surface area contributed by atoms with Gasteiger partial charge in [-0.3, -0.25) is 0 Å². The monoisotopic (exact) mass is 780 g/mol. The lowest BCUT2D eigenvalue weighted by molar-refractivity contribution is -0.308. The lowest BCUT2D eigenvalue weighted by Gasteiger charge is -2.63. The molecule has 0 unspecified atom stereocenters. The Kier molecular flexibility index (Phi) is 11.1. The van der Waals surface area contributed by atoms with Crippen molar-refractivity contribution in [1.82, 2.24) is 0 Å². The summed E-state index contributed by atoms with van der Waals surface area (Å²) in [6.07, 6.45) is 1.98. The zero-order valence-corrected chi connectivity index (χ0v) is 33.2. The van der Waals surface area contributed by atoms with Gasteiger partial charge in [-0.05, 0) is 130 Å². The van der Waals surface area contributed by atoms with Gasteiger partial charge in [-0.15, -0.1) is 0 Å². The molecule has 0 radical (unpaired) electrons. The molecule has 3 aromatic rings. The van der Waals surface area contributed by atoms with Crippen molar-refractivity contribution < 1.29 is 48.3 Å². The summed E-state index contributed by atoms with van der Waals surface area (Å²) in [6.45, 7) is 6.48. The highest BCUT2D eigenvalue weighted by Gasteiger charge is 2.67. The molecule has 2 N–H and O–H groups in total. The molecular weight excluding hydrogens is 725 g/mol.